The summed E-state index contributed by atoms with van der Waals surface area (Å²) in [5, 5.41) is 16.3. The highest BCUT2D eigenvalue weighted by atomic mass is 19.4. The van der Waals surface area contributed by atoms with Crippen LogP contribution >= 0.6 is 0 Å². The minimum absolute atomic E-state index is 0.0526. The number of benzene rings is 1. The van der Waals surface area contributed by atoms with Crippen molar-refractivity contribution in [3.05, 3.63) is 41.6 Å². The van der Waals surface area contributed by atoms with Gasteiger partial charge in [-0.25, -0.2) is 9.48 Å². The summed E-state index contributed by atoms with van der Waals surface area (Å²) < 4.78 is 83.5. The summed E-state index contributed by atoms with van der Waals surface area (Å²) in [6.07, 6.45) is -7.59. The Morgan fingerprint density at radius 2 is 2.00 bits per heavy atom. The zero-order valence-corrected chi connectivity index (χ0v) is 17.3. The second-order valence-electron chi connectivity index (χ2n) is 7.66. The Hall–Kier alpha value is -3.78. The van der Waals surface area contributed by atoms with Crippen molar-refractivity contribution >= 4 is 17.8 Å². The van der Waals surface area contributed by atoms with E-state index in [4.69, 9.17) is 10.1 Å². The Labute approximate surface area is 187 Å². The van der Waals surface area contributed by atoms with E-state index in [9.17, 15) is 31.1 Å². The zero-order valence-electron chi connectivity index (χ0n) is 17.3. The minimum atomic E-state index is -4.70. The summed E-state index contributed by atoms with van der Waals surface area (Å²) in [6.45, 7) is 0.106. The standard InChI is InChI=1S/C19H17F6N7O2/c1-9(26)27-16(33)31-7-10-5-13(31)14(10)28-15-29-17(32(30-15)8-18(20,21)22)34-12-4-2-3-11(6-12)19(23,24)25/h2-6,10,14H,7-8H2,1H3,(H,28,30)(H2,26,27,33). The molecule has 1 aliphatic carbocycles. The number of aromatic nitrogens is 3. The molecule has 0 spiro atoms. The number of fused-ring (bicyclic) bond motifs is 1. The molecule has 2 aliphatic heterocycles. The Morgan fingerprint density at radius 3 is 2.65 bits per heavy atom. The zero-order chi connectivity index (χ0) is 24.8. The van der Waals surface area contributed by atoms with Gasteiger partial charge in [-0.2, -0.15) is 31.3 Å². The first kappa shape index (κ1) is 23.4. The summed E-state index contributed by atoms with van der Waals surface area (Å²) in [6, 6.07) is 1.98. The maximum atomic E-state index is 13.0. The number of alkyl halides is 6. The van der Waals surface area contributed by atoms with E-state index in [1.165, 1.54) is 11.8 Å². The van der Waals surface area contributed by atoms with Crippen molar-refractivity contribution in [3.8, 4) is 11.8 Å². The summed E-state index contributed by atoms with van der Waals surface area (Å²) >= 11 is 0. The SMILES string of the molecule is CC(=N)NC(=O)N1CC2C=C1C2Nc1nc(Oc2cccc(C(F)(F)F)c2)n(CC(F)(F)F)n1. The van der Waals surface area contributed by atoms with Gasteiger partial charge in [0.15, 0.2) is 0 Å². The number of carbonyl (C=O) groups is 1. The quantitative estimate of drug-likeness (QED) is 0.335. The van der Waals surface area contributed by atoms with Crippen LogP contribution in [0.5, 0.6) is 11.8 Å². The predicted molar refractivity (Wildman–Crippen MR) is 105 cm³/mol. The van der Waals surface area contributed by atoms with Crippen LogP contribution in [0.15, 0.2) is 36.0 Å². The second-order valence-corrected chi connectivity index (χ2v) is 7.66. The molecule has 9 nitrogen and oxygen atoms in total. The Kier molecular flexibility index (Phi) is 5.65. The molecule has 1 aromatic carbocycles. The number of amidine groups is 1. The third kappa shape index (κ3) is 4.92. The molecule has 0 saturated carbocycles. The largest absolute Gasteiger partial charge is 0.424 e. The van der Waals surface area contributed by atoms with Gasteiger partial charge in [-0.3, -0.25) is 15.6 Å². The van der Waals surface area contributed by atoms with Crippen LogP contribution in [0.1, 0.15) is 12.5 Å². The van der Waals surface area contributed by atoms with Crippen LogP contribution in [0.25, 0.3) is 0 Å². The van der Waals surface area contributed by atoms with E-state index in [2.05, 4.69) is 20.7 Å². The van der Waals surface area contributed by atoms with E-state index in [0.717, 1.165) is 18.2 Å². The summed E-state index contributed by atoms with van der Waals surface area (Å²) in [5.74, 6) is -0.830. The molecule has 182 valence electrons. The number of halogens is 6. The van der Waals surface area contributed by atoms with E-state index in [1.807, 2.05) is 0 Å². The molecule has 2 bridgehead atoms. The third-order valence-corrected chi connectivity index (χ3v) is 5.00. The molecule has 2 atom stereocenters. The van der Waals surface area contributed by atoms with Gasteiger partial charge in [-0.05, 0) is 25.1 Å². The van der Waals surface area contributed by atoms with Crippen LogP contribution in [0.2, 0.25) is 0 Å². The monoisotopic (exact) mass is 489 g/mol. The van der Waals surface area contributed by atoms with Crippen molar-refractivity contribution in [2.45, 2.75) is 31.9 Å². The molecule has 34 heavy (non-hydrogen) atoms. The highest BCUT2D eigenvalue weighted by molar-refractivity contribution is 5.95. The topological polar surface area (TPSA) is 108 Å². The number of rotatable bonds is 5. The second kappa shape index (κ2) is 8.22. The average molecular weight is 489 g/mol. The molecule has 5 rings (SSSR count). The van der Waals surface area contributed by atoms with Crippen molar-refractivity contribution in [1.29, 1.82) is 5.41 Å². The lowest BCUT2D eigenvalue weighted by Crippen LogP contribution is -2.40. The number of carbonyl (C=O) groups excluding carboxylic acids is 1. The molecule has 2 amide bonds. The number of hydrogen-bond acceptors (Lipinski definition) is 6. The van der Waals surface area contributed by atoms with Gasteiger partial charge in [-0.1, -0.05) is 12.1 Å². The molecule has 1 fully saturated rings. The molecule has 0 radical (unpaired) electrons. The third-order valence-electron chi connectivity index (χ3n) is 5.00. The van der Waals surface area contributed by atoms with E-state index >= 15 is 0 Å². The molecular formula is C19H17F6N7O2. The van der Waals surface area contributed by atoms with E-state index < -0.39 is 42.5 Å². The fraction of sp³-hybridized carbons (Fsp3) is 0.368. The van der Waals surface area contributed by atoms with Gasteiger partial charge < -0.3 is 10.1 Å². The molecule has 1 aromatic heterocycles. The van der Waals surface area contributed by atoms with E-state index in [0.29, 0.717) is 23.0 Å². The van der Waals surface area contributed by atoms with Gasteiger partial charge in [0.2, 0.25) is 5.95 Å². The van der Waals surface area contributed by atoms with Gasteiger partial charge in [0, 0.05) is 18.2 Å². The van der Waals surface area contributed by atoms with Crippen LogP contribution in [-0.4, -0.2) is 50.3 Å². The van der Waals surface area contributed by atoms with Gasteiger partial charge in [0.05, 0.1) is 17.4 Å². The summed E-state index contributed by atoms with van der Waals surface area (Å²) in [5.41, 5.74) is -0.502. The number of hydrogen-bond donors (Lipinski definition) is 3. The summed E-state index contributed by atoms with van der Waals surface area (Å²) in [4.78, 5) is 17.4. The smallest absolute Gasteiger partial charge is 0.416 e. The average Bonchev–Trinajstić information content (AvgIpc) is 3.38. The number of ether oxygens (including phenoxy) is 1. The molecule has 3 heterocycles. The molecule has 1 saturated heterocycles. The van der Waals surface area contributed by atoms with Crippen LogP contribution in [0.3, 0.4) is 0 Å². The van der Waals surface area contributed by atoms with Crippen molar-refractivity contribution in [2.75, 3.05) is 11.9 Å². The van der Waals surface area contributed by atoms with Crippen LogP contribution in [0, 0.1) is 11.3 Å². The lowest BCUT2D eigenvalue weighted by Gasteiger charge is -2.27. The summed E-state index contributed by atoms with van der Waals surface area (Å²) in [7, 11) is 0. The molecule has 15 heteroatoms. The first-order chi connectivity index (χ1) is 15.8. The van der Waals surface area contributed by atoms with Crippen LogP contribution < -0.4 is 15.4 Å². The van der Waals surface area contributed by atoms with E-state index in [-0.39, 0.29) is 23.5 Å². The van der Waals surface area contributed by atoms with Gasteiger partial charge >= 0.3 is 24.4 Å². The number of anilines is 1. The van der Waals surface area contributed by atoms with Gasteiger partial charge in [-0.15, -0.1) is 5.10 Å². The molecule has 3 aliphatic rings. The number of urea groups is 1. The Balaban J connectivity index is 1.53. The number of nitrogens with zero attached hydrogens (tertiary/aromatic N) is 4. The predicted octanol–water partition coefficient (Wildman–Crippen LogP) is 3.97. The van der Waals surface area contributed by atoms with E-state index in [1.54, 1.807) is 6.08 Å². The maximum Gasteiger partial charge on any atom is 0.416 e. The lowest BCUT2D eigenvalue weighted by atomic mass is 9.91. The van der Waals surface area contributed by atoms with Crippen molar-refractivity contribution in [3.63, 3.8) is 0 Å². The molecule has 2 aromatic rings. The highest BCUT2D eigenvalue weighted by Gasteiger charge is 2.47. The van der Waals surface area contributed by atoms with Crippen molar-refractivity contribution in [1.82, 2.24) is 25.0 Å². The fourth-order valence-corrected chi connectivity index (χ4v) is 3.58. The first-order valence-corrected chi connectivity index (χ1v) is 9.79. The number of nitrogens with one attached hydrogen (secondary N) is 3. The molecule has 3 N–H and O–H groups in total. The van der Waals surface area contributed by atoms with Crippen LogP contribution in [0.4, 0.5) is 37.1 Å². The minimum Gasteiger partial charge on any atom is -0.424 e. The van der Waals surface area contributed by atoms with Crippen LogP contribution in [-0.2, 0) is 12.7 Å². The van der Waals surface area contributed by atoms with Crippen molar-refractivity contribution < 1.29 is 35.9 Å². The molecular weight excluding hydrogens is 472 g/mol. The molecule has 2 unspecified atom stereocenters. The fourth-order valence-electron chi connectivity index (χ4n) is 3.58. The Bertz CT molecular complexity index is 1160. The Morgan fingerprint density at radius 1 is 1.26 bits per heavy atom. The first-order valence-electron chi connectivity index (χ1n) is 9.79. The normalized spacial score (nSPS) is 19.4. The van der Waals surface area contributed by atoms with Gasteiger partial charge in [0.25, 0.3) is 0 Å². The van der Waals surface area contributed by atoms with Gasteiger partial charge in [0.1, 0.15) is 12.3 Å². The lowest BCUT2D eigenvalue weighted by molar-refractivity contribution is -0.143. The van der Waals surface area contributed by atoms with Crippen molar-refractivity contribution in [2.24, 2.45) is 5.92 Å². The maximum absolute atomic E-state index is 13.0. The number of amides is 2. The highest BCUT2D eigenvalue weighted by Crippen LogP contribution is 2.40.